The molecule has 0 aliphatic rings. The molecule has 122 valence electrons. The second-order valence-electron chi connectivity index (χ2n) is 5.09. The van der Waals surface area contributed by atoms with Crippen LogP contribution in [-0.2, 0) is 27.5 Å². The smallest absolute Gasteiger partial charge is 0.332 e. The number of hydrogen-bond acceptors (Lipinski definition) is 5. The molecule has 2 rings (SSSR count). The molecule has 0 N–H and O–H groups in total. The Morgan fingerprint density at radius 2 is 1.70 bits per heavy atom. The second-order valence-corrected chi connectivity index (χ2v) is 5.09. The van der Waals surface area contributed by atoms with E-state index < -0.39 is 5.97 Å². The van der Waals surface area contributed by atoms with Crippen LogP contribution in [0.4, 0.5) is 0 Å². The number of ether oxygens (including phenoxy) is 1. The van der Waals surface area contributed by atoms with Gasteiger partial charge in [-0.25, -0.2) is 4.79 Å². The van der Waals surface area contributed by atoms with Crippen molar-refractivity contribution in [1.82, 2.24) is 5.23 Å². The molecule has 0 unspecified atom stereocenters. The van der Waals surface area contributed by atoms with Crippen molar-refractivity contribution in [3.63, 3.8) is 0 Å². The van der Waals surface area contributed by atoms with Crippen molar-refractivity contribution in [2.45, 2.75) is 20.0 Å². The van der Waals surface area contributed by atoms with Crippen molar-refractivity contribution >= 4 is 5.97 Å². The predicted molar refractivity (Wildman–Crippen MR) is 86.5 cm³/mol. The number of carbonyl (C=O) groups excluding carboxylic acids is 1. The molecule has 0 heterocycles. The van der Waals surface area contributed by atoms with Gasteiger partial charge in [-0.3, -0.25) is 4.84 Å². The van der Waals surface area contributed by atoms with Gasteiger partial charge in [0, 0.05) is 0 Å². The number of para-hydroxylation sites is 1. The predicted octanol–water partition coefficient (Wildman–Crippen LogP) is 3.07. The summed E-state index contributed by atoms with van der Waals surface area (Å²) in [7, 11) is 2.95. The van der Waals surface area contributed by atoms with Gasteiger partial charge in [0.05, 0.1) is 20.6 Å². The van der Waals surface area contributed by atoms with E-state index in [1.165, 1.54) is 14.2 Å². The van der Waals surface area contributed by atoms with Gasteiger partial charge in [-0.05, 0) is 34.9 Å². The van der Waals surface area contributed by atoms with Crippen molar-refractivity contribution in [1.29, 1.82) is 0 Å². The lowest BCUT2D eigenvalue weighted by Crippen LogP contribution is -2.23. The fourth-order valence-corrected chi connectivity index (χ4v) is 2.11. The van der Waals surface area contributed by atoms with Gasteiger partial charge in [0.25, 0.3) is 0 Å². The third-order valence-corrected chi connectivity index (χ3v) is 3.42. The highest BCUT2D eigenvalue weighted by Crippen LogP contribution is 2.19. The first-order valence-electron chi connectivity index (χ1n) is 7.34. The lowest BCUT2D eigenvalue weighted by molar-refractivity contribution is -0.317. The van der Waals surface area contributed by atoms with E-state index >= 15 is 0 Å². The van der Waals surface area contributed by atoms with Gasteiger partial charge < -0.3 is 9.57 Å². The Bertz CT molecular complexity index is 657. The third kappa shape index (κ3) is 5.09. The molecule has 5 heteroatoms. The van der Waals surface area contributed by atoms with E-state index in [0.717, 1.165) is 27.7 Å². The van der Waals surface area contributed by atoms with Crippen LogP contribution in [0.5, 0.6) is 5.75 Å². The summed E-state index contributed by atoms with van der Waals surface area (Å²) in [6.07, 6.45) is 0.154. The summed E-state index contributed by atoms with van der Waals surface area (Å²) < 4.78 is 5.86. The van der Waals surface area contributed by atoms with E-state index in [0.29, 0.717) is 6.61 Å². The van der Waals surface area contributed by atoms with Crippen molar-refractivity contribution in [2.75, 3.05) is 14.2 Å². The van der Waals surface area contributed by atoms with Crippen LogP contribution in [0.3, 0.4) is 0 Å². The molecule has 0 aliphatic carbocycles. The Kier molecular flexibility index (Phi) is 6.14. The third-order valence-electron chi connectivity index (χ3n) is 3.42. The molecule has 5 nitrogen and oxygen atoms in total. The van der Waals surface area contributed by atoms with Gasteiger partial charge >= 0.3 is 5.97 Å². The van der Waals surface area contributed by atoms with Gasteiger partial charge in [0.1, 0.15) is 12.4 Å². The molecule has 0 aliphatic heterocycles. The van der Waals surface area contributed by atoms with Crippen LogP contribution in [0.15, 0.2) is 48.5 Å². The SMILES string of the molecule is CON(C)OC(=O)Cc1ccccc1COc1ccccc1C. The van der Waals surface area contributed by atoms with Gasteiger partial charge in [-0.15, -0.1) is 0 Å². The second kappa shape index (κ2) is 8.31. The Labute approximate surface area is 136 Å². The molecule has 0 amide bonds. The average molecular weight is 315 g/mol. The van der Waals surface area contributed by atoms with Crippen molar-refractivity contribution in [3.05, 3.63) is 65.2 Å². The van der Waals surface area contributed by atoms with Crippen molar-refractivity contribution < 1.29 is 19.2 Å². The zero-order chi connectivity index (χ0) is 16.7. The maximum Gasteiger partial charge on any atom is 0.332 e. The molecule has 2 aromatic rings. The van der Waals surface area contributed by atoms with E-state index in [1.54, 1.807) is 0 Å². The van der Waals surface area contributed by atoms with Crippen LogP contribution in [0.1, 0.15) is 16.7 Å². The number of rotatable bonds is 7. The molecule has 0 atom stereocenters. The summed E-state index contributed by atoms with van der Waals surface area (Å²) >= 11 is 0. The topological polar surface area (TPSA) is 48.0 Å². The quantitative estimate of drug-likeness (QED) is 0.735. The minimum Gasteiger partial charge on any atom is -0.489 e. The highest BCUT2D eigenvalue weighted by molar-refractivity contribution is 5.72. The monoisotopic (exact) mass is 315 g/mol. The number of nitrogens with zero attached hydrogens (tertiary/aromatic N) is 1. The fourth-order valence-electron chi connectivity index (χ4n) is 2.11. The molecule has 0 spiro atoms. The standard InChI is InChI=1S/C18H21NO4/c1-14-8-4-7-11-17(14)22-13-16-10-6-5-9-15(16)12-18(20)23-19(2)21-3/h4-11H,12-13H2,1-3H3. The number of hydrogen-bond donors (Lipinski definition) is 0. The molecule has 2 aromatic carbocycles. The van der Waals surface area contributed by atoms with E-state index in [1.807, 2.05) is 55.5 Å². The van der Waals surface area contributed by atoms with Gasteiger partial charge in [0.2, 0.25) is 0 Å². The molecule has 0 saturated heterocycles. The van der Waals surface area contributed by atoms with Crippen molar-refractivity contribution in [2.24, 2.45) is 0 Å². The van der Waals surface area contributed by atoms with Gasteiger partial charge in [-0.2, -0.15) is 0 Å². The molecular formula is C18H21NO4. The molecule has 0 saturated carbocycles. The Morgan fingerprint density at radius 1 is 1.04 bits per heavy atom. The van der Waals surface area contributed by atoms with E-state index in [-0.39, 0.29) is 6.42 Å². The van der Waals surface area contributed by atoms with Crippen molar-refractivity contribution in [3.8, 4) is 5.75 Å². The fraction of sp³-hybridized carbons (Fsp3) is 0.278. The summed E-state index contributed by atoms with van der Waals surface area (Å²) in [5.74, 6) is 0.446. The summed E-state index contributed by atoms with van der Waals surface area (Å²) in [5.41, 5.74) is 2.90. The lowest BCUT2D eigenvalue weighted by Gasteiger charge is -2.14. The molecule has 0 radical (unpaired) electrons. The Morgan fingerprint density at radius 3 is 2.39 bits per heavy atom. The maximum atomic E-state index is 11.9. The molecule has 0 aromatic heterocycles. The summed E-state index contributed by atoms with van der Waals surface area (Å²) in [6.45, 7) is 2.40. The molecule has 0 fully saturated rings. The Balaban J connectivity index is 2.03. The molecular weight excluding hydrogens is 294 g/mol. The zero-order valence-electron chi connectivity index (χ0n) is 13.6. The van der Waals surface area contributed by atoms with Crippen LogP contribution in [0, 0.1) is 6.92 Å². The number of hydroxylamine groups is 2. The van der Waals surface area contributed by atoms with E-state index in [9.17, 15) is 4.79 Å². The normalized spacial score (nSPS) is 10.6. The van der Waals surface area contributed by atoms with E-state index in [2.05, 4.69) is 0 Å². The number of benzene rings is 2. The van der Waals surface area contributed by atoms with Crippen LogP contribution in [0.25, 0.3) is 0 Å². The molecule has 0 bridgehead atoms. The van der Waals surface area contributed by atoms with Gasteiger partial charge in [-0.1, -0.05) is 42.5 Å². The first-order chi connectivity index (χ1) is 11.1. The average Bonchev–Trinajstić information content (AvgIpc) is 2.55. The minimum atomic E-state index is -0.391. The van der Waals surface area contributed by atoms with Crippen LogP contribution in [0.2, 0.25) is 0 Å². The minimum absolute atomic E-state index is 0.154. The van der Waals surface area contributed by atoms with Gasteiger partial charge in [0.15, 0.2) is 0 Å². The maximum absolute atomic E-state index is 11.9. The lowest BCUT2D eigenvalue weighted by atomic mass is 10.1. The van der Waals surface area contributed by atoms with Crippen LogP contribution < -0.4 is 4.74 Å². The summed E-state index contributed by atoms with van der Waals surface area (Å²) in [6, 6.07) is 15.5. The van der Waals surface area contributed by atoms with E-state index in [4.69, 9.17) is 14.4 Å². The summed E-state index contributed by atoms with van der Waals surface area (Å²) in [5, 5.41) is 1.02. The van der Waals surface area contributed by atoms with Crippen LogP contribution >= 0.6 is 0 Å². The summed E-state index contributed by atoms with van der Waals surface area (Å²) in [4.78, 5) is 21.6. The Hall–Kier alpha value is -2.37. The highest BCUT2D eigenvalue weighted by atomic mass is 17.0. The first-order valence-corrected chi connectivity index (χ1v) is 7.34. The number of carbonyl (C=O) groups is 1. The molecule has 23 heavy (non-hydrogen) atoms. The zero-order valence-corrected chi connectivity index (χ0v) is 13.6. The largest absolute Gasteiger partial charge is 0.489 e. The number of aryl methyl sites for hydroxylation is 1. The highest BCUT2D eigenvalue weighted by Gasteiger charge is 2.12. The van der Waals surface area contributed by atoms with Crippen LogP contribution in [-0.4, -0.2) is 25.4 Å². The first kappa shape index (κ1) is 17.0.